The summed E-state index contributed by atoms with van der Waals surface area (Å²) < 4.78 is 27.4. The fourth-order valence-corrected chi connectivity index (χ4v) is 3.47. The number of nitrogens with one attached hydrogen (secondary N) is 1. The Morgan fingerprint density at radius 3 is 2.47 bits per heavy atom. The normalized spacial score (nSPS) is 11.3. The van der Waals surface area contributed by atoms with E-state index in [1.165, 1.54) is 24.3 Å². The van der Waals surface area contributed by atoms with E-state index >= 15 is 0 Å². The van der Waals surface area contributed by atoms with Gasteiger partial charge >= 0.3 is 0 Å². The largest absolute Gasteiger partial charge is 0.278 e. The Labute approximate surface area is 129 Å². The highest BCUT2D eigenvalue weighted by Gasteiger charge is 2.16. The number of anilines is 1. The van der Waals surface area contributed by atoms with Crippen molar-refractivity contribution in [3.63, 3.8) is 0 Å². The highest BCUT2D eigenvalue weighted by atomic mass is 79.9. The van der Waals surface area contributed by atoms with Crippen LogP contribution in [0.3, 0.4) is 0 Å². The van der Waals surface area contributed by atoms with Crippen molar-refractivity contribution in [3.05, 3.63) is 57.0 Å². The molecule has 0 spiro atoms. The Balaban J connectivity index is 2.39. The third-order valence-electron chi connectivity index (χ3n) is 2.28. The van der Waals surface area contributed by atoms with Crippen LogP contribution in [0.2, 0.25) is 10.0 Å². The molecule has 7 heteroatoms. The van der Waals surface area contributed by atoms with E-state index in [-0.39, 0.29) is 15.6 Å². The fourth-order valence-electron chi connectivity index (χ4n) is 1.41. The molecule has 0 unspecified atom stereocenters. The second-order valence-electron chi connectivity index (χ2n) is 3.69. The summed E-state index contributed by atoms with van der Waals surface area (Å²) in [6, 6.07) is 10.9. The maximum absolute atomic E-state index is 12.2. The van der Waals surface area contributed by atoms with Gasteiger partial charge in [0, 0.05) is 9.50 Å². The molecule has 0 radical (unpaired) electrons. The van der Waals surface area contributed by atoms with Crippen molar-refractivity contribution in [1.82, 2.24) is 0 Å². The Morgan fingerprint density at radius 1 is 1.05 bits per heavy atom. The molecule has 0 amide bonds. The topological polar surface area (TPSA) is 46.2 Å². The summed E-state index contributed by atoms with van der Waals surface area (Å²) in [5, 5.41) is 0.680. The molecule has 2 aromatic carbocycles. The number of sulfonamides is 1. The summed E-state index contributed by atoms with van der Waals surface area (Å²) in [7, 11) is -3.70. The van der Waals surface area contributed by atoms with Crippen molar-refractivity contribution < 1.29 is 8.42 Å². The van der Waals surface area contributed by atoms with Crippen LogP contribution in [0.4, 0.5) is 5.69 Å². The minimum Gasteiger partial charge on any atom is -0.278 e. The highest BCUT2D eigenvalue weighted by Crippen LogP contribution is 2.28. The molecule has 0 aliphatic rings. The van der Waals surface area contributed by atoms with E-state index in [9.17, 15) is 8.42 Å². The van der Waals surface area contributed by atoms with Gasteiger partial charge in [-0.15, -0.1) is 0 Å². The first-order valence-corrected chi connectivity index (χ1v) is 8.15. The van der Waals surface area contributed by atoms with E-state index in [1.54, 1.807) is 18.2 Å². The van der Waals surface area contributed by atoms with Crippen LogP contribution in [0.25, 0.3) is 0 Å². The molecule has 2 rings (SSSR count). The molecular formula is C12H8BrCl2NO2S. The molecule has 19 heavy (non-hydrogen) atoms. The SMILES string of the molecule is O=S(=O)(Nc1cc(Cl)ccc1Cl)c1cccc(Br)c1. The van der Waals surface area contributed by atoms with Gasteiger partial charge in [-0.05, 0) is 36.4 Å². The van der Waals surface area contributed by atoms with E-state index < -0.39 is 10.0 Å². The van der Waals surface area contributed by atoms with Gasteiger partial charge in [0.05, 0.1) is 15.6 Å². The minimum absolute atomic E-state index is 0.137. The van der Waals surface area contributed by atoms with Crippen molar-refractivity contribution >= 4 is 54.8 Å². The number of halogens is 3. The van der Waals surface area contributed by atoms with Crippen molar-refractivity contribution in [2.75, 3.05) is 4.72 Å². The predicted molar refractivity (Wildman–Crippen MR) is 81.4 cm³/mol. The van der Waals surface area contributed by atoms with E-state index in [4.69, 9.17) is 23.2 Å². The van der Waals surface area contributed by atoms with Gasteiger partial charge in [-0.1, -0.05) is 45.2 Å². The zero-order chi connectivity index (χ0) is 14.0. The molecule has 0 saturated carbocycles. The average molecular weight is 381 g/mol. The lowest BCUT2D eigenvalue weighted by molar-refractivity contribution is 0.601. The molecule has 100 valence electrons. The monoisotopic (exact) mass is 379 g/mol. The molecule has 2 aromatic rings. The summed E-state index contributed by atoms with van der Waals surface area (Å²) in [5.74, 6) is 0. The molecule has 0 atom stereocenters. The molecule has 3 nitrogen and oxygen atoms in total. The maximum Gasteiger partial charge on any atom is 0.261 e. The summed E-state index contributed by atoms with van der Waals surface area (Å²) in [4.78, 5) is 0.137. The molecule has 0 aromatic heterocycles. The second kappa shape index (κ2) is 5.71. The molecular weight excluding hydrogens is 373 g/mol. The first kappa shape index (κ1) is 14.7. The van der Waals surface area contributed by atoms with Gasteiger partial charge in [0.2, 0.25) is 0 Å². The summed E-state index contributed by atoms with van der Waals surface area (Å²) >= 11 is 15.0. The summed E-state index contributed by atoms with van der Waals surface area (Å²) in [6.07, 6.45) is 0. The van der Waals surface area contributed by atoms with Crippen molar-refractivity contribution in [3.8, 4) is 0 Å². The van der Waals surface area contributed by atoms with Crippen LogP contribution < -0.4 is 4.72 Å². The van der Waals surface area contributed by atoms with Gasteiger partial charge in [0.15, 0.2) is 0 Å². The van der Waals surface area contributed by atoms with Crippen LogP contribution in [0, 0.1) is 0 Å². The lowest BCUT2D eigenvalue weighted by Gasteiger charge is -2.10. The van der Waals surface area contributed by atoms with Crippen molar-refractivity contribution in [1.29, 1.82) is 0 Å². The van der Waals surface area contributed by atoms with Crippen molar-refractivity contribution in [2.24, 2.45) is 0 Å². The lowest BCUT2D eigenvalue weighted by Crippen LogP contribution is -2.13. The number of hydrogen-bond donors (Lipinski definition) is 1. The predicted octanol–water partition coefficient (Wildman–Crippen LogP) is 4.56. The molecule has 0 aliphatic carbocycles. The lowest BCUT2D eigenvalue weighted by atomic mass is 10.3. The third-order valence-corrected chi connectivity index (χ3v) is 4.70. The van der Waals surface area contributed by atoms with Crippen LogP contribution in [0.15, 0.2) is 51.8 Å². The first-order chi connectivity index (χ1) is 8.88. The van der Waals surface area contributed by atoms with E-state index in [0.29, 0.717) is 9.50 Å². The van der Waals surface area contributed by atoms with Crippen LogP contribution in [-0.4, -0.2) is 8.42 Å². The highest BCUT2D eigenvalue weighted by molar-refractivity contribution is 9.10. The fraction of sp³-hybridized carbons (Fsp3) is 0. The van der Waals surface area contributed by atoms with Gasteiger partial charge in [0.1, 0.15) is 0 Å². The summed E-state index contributed by atoms with van der Waals surface area (Å²) in [6.45, 7) is 0. The van der Waals surface area contributed by atoms with Gasteiger partial charge in [-0.25, -0.2) is 8.42 Å². The standard InChI is InChI=1S/C12H8BrCl2NO2S/c13-8-2-1-3-10(6-8)19(17,18)16-12-7-9(14)4-5-11(12)15/h1-7,16H. The van der Waals surface area contributed by atoms with Crippen LogP contribution >= 0.6 is 39.1 Å². The average Bonchev–Trinajstić information content (AvgIpc) is 2.33. The number of rotatable bonds is 3. The minimum atomic E-state index is -3.70. The molecule has 0 fully saturated rings. The zero-order valence-electron chi connectivity index (χ0n) is 9.40. The third kappa shape index (κ3) is 3.63. The Morgan fingerprint density at radius 2 is 1.79 bits per heavy atom. The summed E-state index contributed by atoms with van der Waals surface area (Å²) in [5.41, 5.74) is 0.245. The van der Waals surface area contributed by atoms with Gasteiger partial charge in [-0.2, -0.15) is 0 Å². The second-order valence-corrected chi connectivity index (χ2v) is 7.13. The number of benzene rings is 2. The Hall–Kier alpha value is -0.750. The van der Waals surface area contributed by atoms with Gasteiger partial charge < -0.3 is 0 Å². The van der Waals surface area contributed by atoms with Crippen molar-refractivity contribution in [2.45, 2.75) is 4.90 Å². The molecule has 0 aliphatic heterocycles. The van der Waals surface area contributed by atoms with E-state index in [2.05, 4.69) is 20.7 Å². The molecule has 0 saturated heterocycles. The number of hydrogen-bond acceptors (Lipinski definition) is 2. The quantitative estimate of drug-likeness (QED) is 0.848. The Bertz CT molecular complexity index is 719. The smallest absolute Gasteiger partial charge is 0.261 e. The van der Waals surface area contributed by atoms with Gasteiger partial charge in [-0.3, -0.25) is 4.72 Å². The molecule has 0 heterocycles. The molecule has 0 bridgehead atoms. The van der Waals surface area contributed by atoms with Gasteiger partial charge in [0.25, 0.3) is 10.0 Å². The molecule has 1 N–H and O–H groups in total. The van der Waals surface area contributed by atoms with E-state index in [1.807, 2.05) is 0 Å². The zero-order valence-corrected chi connectivity index (χ0v) is 13.3. The first-order valence-electron chi connectivity index (χ1n) is 5.12. The van der Waals surface area contributed by atoms with Crippen LogP contribution in [0.5, 0.6) is 0 Å². The maximum atomic E-state index is 12.2. The Kier molecular flexibility index (Phi) is 4.40. The van der Waals surface area contributed by atoms with E-state index in [0.717, 1.165) is 0 Å². The van der Waals surface area contributed by atoms with Crippen LogP contribution in [0.1, 0.15) is 0 Å². The van der Waals surface area contributed by atoms with Crippen LogP contribution in [-0.2, 0) is 10.0 Å².